The number of amides is 1. The summed E-state index contributed by atoms with van der Waals surface area (Å²) in [5.74, 6) is 0.206. The molecule has 0 saturated carbocycles. The quantitative estimate of drug-likeness (QED) is 0.923. The lowest BCUT2D eigenvalue weighted by atomic mass is 9.89. The van der Waals surface area contributed by atoms with Gasteiger partial charge in [-0.25, -0.2) is 4.68 Å². The molecule has 0 aliphatic carbocycles. The minimum Gasteiger partial charge on any atom is -0.290 e. The Morgan fingerprint density at radius 3 is 2.36 bits per heavy atom. The van der Waals surface area contributed by atoms with Crippen molar-refractivity contribution in [3.8, 4) is 0 Å². The monoisotopic (exact) mass is 304 g/mol. The molecule has 7 nitrogen and oxygen atoms in total. The fraction of sp³-hybridized carbons (Fsp3) is 0.600. The number of carbonyl (C=O) groups is 1. The average molecular weight is 304 g/mol. The van der Waals surface area contributed by atoms with E-state index in [0.717, 1.165) is 5.69 Å². The maximum atomic E-state index is 12.6. The van der Waals surface area contributed by atoms with Crippen molar-refractivity contribution in [3.05, 3.63) is 23.8 Å². The molecule has 2 aromatic heterocycles. The molecule has 0 unspecified atom stereocenters. The van der Waals surface area contributed by atoms with Crippen molar-refractivity contribution in [2.75, 3.05) is 5.32 Å². The maximum Gasteiger partial charge on any atom is 0.261 e. The van der Waals surface area contributed by atoms with E-state index in [1.165, 1.54) is 6.33 Å². The Labute approximate surface area is 130 Å². The summed E-state index contributed by atoms with van der Waals surface area (Å²) in [6, 6.07) is 0. The highest BCUT2D eigenvalue weighted by Crippen LogP contribution is 2.25. The first-order valence-electron chi connectivity index (χ1n) is 7.26. The molecule has 120 valence electrons. The zero-order chi connectivity index (χ0) is 16.7. The predicted molar refractivity (Wildman–Crippen MR) is 84.9 cm³/mol. The lowest BCUT2D eigenvalue weighted by Gasteiger charge is -2.21. The smallest absolute Gasteiger partial charge is 0.261 e. The summed E-state index contributed by atoms with van der Waals surface area (Å²) in [7, 11) is 1.81. The summed E-state index contributed by atoms with van der Waals surface area (Å²) in [4.78, 5) is 16.8. The van der Waals surface area contributed by atoms with Crippen LogP contribution in [0.3, 0.4) is 0 Å². The van der Waals surface area contributed by atoms with Crippen molar-refractivity contribution in [2.45, 2.75) is 52.5 Å². The summed E-state index contributed by atoms with van der Waals surface area (Å²) in [5, 5.41) is 11.4. The van der Waals surface area contributed by atoms with E-state index < -0.39 is 0 Å². The van der Waals surface area contributed by atoms with Crippen LogP contribution in [0.1, 0.15) is 57.6 Å². The Hall–Kier alpha value is -2.18. The molecule has 0 spiro atoms. The van der Waals surface area contributed by atoms with Gasteiger partial charge in [0.25, 0.3) is 5.91 Å². The molecule has 0 aliphatic heterocycles. The van der Waals surface area contributed by atoms with Gasteiger partial charge in [-0.2, -0.15) is 15.2 Å². The van der Waals surface area contributed by atoms with Crippen molar-refractivity contribution in [1.82, 2.24) is 24.5 Å². The molecule has 1 N–H and O–H groups in total. The molecule has 0 bridgehead atoms. The number of aryl methyl sites for hydroxylation is 1. The lowest BCUT2D eigenvalue weighted by Crippen LogP contribution is -2.28. The van der Waals surface area contributed by atoms with Gasteiger partial charge in [0.05, 0.1) is 16.8 Å². The molecule has 1 amide bonds. The van der Waals surface area contributed by atoms with E-state index >= 15 is 0 Å². The van der Waals surface area contributed by atoms with E-state index in [0.29, 0.717) is 11.5 Å². The third-order valence-corrected chi connectivity index (χ3v) is 3.19. The summed E-state index contributed by atoms with van der Waals surface area (Å²) >= 11 is 0. The van der Waals surface area contributed by atoms with Crippen LogP contribution in [-0.2, 0) is 18.0 Å². The molecule has 2 aromatic rings. The number of rotatable bonds is 2. The second-order valence-corrected chi connectivity index (χ2v) is 7.44. The highest BCUT2D eigenvalue weighted by Gasteiger charge is 2.27. The van der Waals surface area contributed by atoms with Gasteiger partial charge in [0, 0.05) is 18.7 Å². The van der Waals surface area contributed by atoms with Gasteiger partial charge in [-0.3, -0.25) is 14.8 Å². The largest absolute Gasteiger partial charge is 0.290 e. The van der Waals surface area contributed by atoms with Crippen molar-refractivity contribution in [1.29, 1.82) is 0 Å². The molecule has 7 heteroatoms. The summed E-state index contributed by atoms with van der Waals surface area (Å²) in [6.07, 6.45) is 3.17. The fourth-order valence-electron chi connectivity index (χ4n) is 2.20. The Morgan fingerprint density at radius 2 is 1.82 bits per heavy atom. The van der Waals surface area contributed by atoms with Gasteiger partial charge < -0.3 is 0 Å². The van der Waals surface area contributed by atoms with Gasteiger partial charge in [-0.05, 0) is 20.8 Å². The zero-order valence-corrected chi connectivity index (χ0v) is 14.3. The average Bonchev–Trinajstić information content (AvgIpc) is 2.93. The van der Waals surface area contributed by atoms with Crippen LogP contribution in [0.2, 0.25) is 0 Å². The minimum atomic E-state index is -0.263. The molecule has 0 saturated heterocycles. The predicted octanol–water partition coefficient (Wildman–Crippen LogP) is 2.32. The number of hydrogen-bond acceptors (Lipinski definition) is 4. The SMILES string of the molecule is Cn1cc(C(=O)Nc2ncnn2C(C)(C)C)c(C(C)(C)C)n1. The van der Waals surface area contributed by atoms with Crippen LogP contribution in [0, 0.1) is 0 Å². The molecule has 0 radical (unpaired) electrons. The molecule has 0 fully saturated rings. The second-order valence-electron chi connectivity index (χ2n) is 7.44. The second kappa shape index (κ2) is 5.23. The standard InChI is InChI=1S/C15H24N6O/c1-14(2,3)11-10(8-20(7)19-11)12(22)18-13-16-9-17-21(13)15(4,5)6/h8-9H,1-7H3,(H,16,17,18,22). The van der Waals surface area contributed by atoms with Crippen LogP contribution in [0.15, 0.2) is 12.5 Å². The number of anilines is 1. The van der Waals surface area contributed by atoms with Crippen LogP contribution < -0.4 is 5.32 Å². The van der Waals surface area contributed by atoms with Crippen LogP contribution >= 0.6 is 0 Å². The molecule has 0 aromatic carbocycles. The van der Waals surface area contributed by atoms with Crippen molar-refractivity contribution >= 4 is 11.9 Å². The summed E-state index contributed by atoms with van der Waals surface area (Å²) < 4.78 is 3.35. The summed E-state index contributed by atoms with van der Waals surface area (Å²) in [6.45, 7) is 12.1. The van der Waals surface area contributed by atoms with Crippen molar-refractivity contribution in [3.63, 3.8) is 0 Å². The molecule has 0 aliphatic rings. The first-order chi connectivity index (χ1) is 10.00. The number of nitrogens with zero attached hydrogens (tertiary/aromatic N) is 5. The van der Waals surface area contributed by atoms with E-state index in [4.69, 9.17) is 0 Å². The van der Waals surface area contributed by atoms with E-state index in [9.17, 15) is 4.79 Å². The van der Waals surface area contributed by atoms with Crippen LogP contribution in [0.5, 0.6) is 0 Å². The number of carbonyl (C=O) groups excluding carboxylic acids is 1. The van der Waals surface area contributed by atoms with Crippen LogP contribution in [0.4, 0.5) is 5.95 Å². The highest BCUT2D eigenvalue weighted by molar-refractivity contribution is 6.04. The van der Waals surface area contributed by atoms with E-state index in [2.05, 4.69) is 20.5 Å². The molecule has 2 rings (SSSR count). The molecular weight excluding hydrogens is 280 g/mol. The minimum absolute atomic E-state index is 0.217. The lowest BCUT2D eigenvalue weighted by molar-refractivity contribution is 0.102. The van der Waals surface area contributed by atoms with Gasteiger partial charge in [0.2, 0.25) is 5.95 Å². The van der Waals surface area contributed by atoms with E-state index in [1.54, 1.807) is 15.6 Å². The Kier molecular flexibility index (Phi) is 3.85. The van der Waals surface area contributed by atoms with Crippen molar-refractivity contribution in [2.24, 2.45) is 7.05 Å². The molecule has 22 heavy (non-hydrogen) atoms. The van der Waals surface area contributed by atoms with Gasteiger partial charge in [0.1, 0.15) is 6.33 Å². The number of hydrogen-bond donors (Lipinski definition) is 1. The van der Waals surface area contributed by atoms with Gasteiger partial charge >= 0.3 is 0 Å². The normalized spacial score (nSPS) is 12.5. The van der Waals surface area contributed by atoms with E-state index in [1.807, 2.05) is 48.6 Å². The first kappa shape index (κ1) is 16.2. The maximum absolute atomic E-state index is 12.6. The summed E-state index contributed by atoms with van der Waals surface area (Å²) in [5.41, 5.74) is 0.833. The van der Waals surface area contributed by atoms with Crippen molar-refractivity contribution < 1.29 is 4.79 Å². The fourth-order valence-corrected chi connectivity index (χ4v) is 2.20. The third-order valence-electron chi connectivity index (χ3n) is 3.19. The van der Waals surface area contributed by atoms with Gasteiger partial charge in [-0.15, -0.1) is 0 Å². The highest BCUT2D eigenvalue weighted by atomic mass is 16.1. The van der Waals surface area contributed by atoms with Gasteiger partial charge in [0.15, 0.2) is 0 Å². The number of aromatic nitrogens is 5. The third kappa shape index (κ3) is 3.18. The topological polar surface area (TPSA) is 77.6 Å². The Morgan fingerprint density at radius 1 is 1.18 bits per heavy atom. The molecule has 0 atom stereocenters. The Balaban J connectivity index is 2.34. The first-order valence-corrected chi connectivity index (χ1v) is 7.26. The Bertz CT molecular complexity index is 684. The van der Waals surface area contributed by atoms with Gasteiger partial charge in [-0.1, -0.05) is 20.8 Å². The van der Waals surface area contributed by atoms with E-state index in [-0.39, 0.29) is 16.9 Å². The van der Waals surface area contributed by atoms with Crippen LogP contribution in [-0.4, -0.2) is 30.5 Å². The van der Waals surface area contributed by atoms with Crippen LogP contribution in [0.25, 0.3) is 0 Å². The molecule has 2 heterocycles. The number of nitrogens with one attached hydrogen (secondary N) is 1. The molecular formula is C15H24N6O. The zero-order valence-electron chi connectivity index (χ0n) is 14.3.